The third-order valence-corrected chi connectivity index (χ3v) is 3.67. The summed E-state index contributed by atoms with van der Waals surface area (Å²) in [6.07, 6.45) is 0.934. The van der Waals surface area contributed by atoms with Crippen LogP contribution in [0.25, 0.3) is 0 Å². The van der Waals surface area contributed by atoms with E-state index in [1.165, 1.54) is 0 Å². The largest absolute Gasteiger partial charge is 0.342 e. The Morgan fingerprint density at radius 3 is 2.82 bits per heavy atom. The van der Waals surface area contributed by atoms with E-state index in [0.29, 0.717) is 10.6 Å². The maximum Gasteiger partial charge on any atom is 0.253 e. The van der Waals surface area contributed by atoms with Crippen molar-refractivity contribution >= 4 is 33.4 Å². The van der Waals surface area contributed by atoms with Crippen molar-refractivity contribution < 1.29 is 4.79 Å². The van der Waals surface area contributed by atoms with Crippen LogP contribution in [0.4, 0.5) is 0 Å². The summed E-state index contributed by atoms with van der Waals surface area (Å²) >= 11 is 9.26. The standard InChI is InChI=1S/C12H16BrClN2O/c1-15-6-3-7-16(2)12(17)9-4-5-10(13)11(14)8-9/h4-5,8,15H,3,6-7H2,1-2H3. The average molecular weight is 320 g/mol. The van der Waals surface area contributed by atoms with Crippen LogP contribution in [0.2, 0.25) is 5.02 Å². The molecule has 0 aliphatic carbocycles. The number of carbonyl (C=O) groups excluding carboxylic acids is 1. The molecule has 0 saturated carbocycles. The molecular weight excluding hydrogens is 304 g/mol. The summed E-state index contributed by atoms with van der Waals surface area (Å²) in [5.74, 6) is -0.00416. The first-order chi connectivity index (χ1) is 8.06. The smallest absolute Gasteiger partial charge is 0.253 e. The topological polar surface area (TPSA) is 32.3 Å². The summed E-state index contributed by atoms with van der Waals surface area (Å²) in [5.41, 5.74) is 0.616. The highest BCUT2D eigenvalue weighted by Crippen LogP contribution is 2.23. The molecular formula is C12H16BrClN2O. The van der Waals surface area contributed by atoms with E-state index in [1.54, 1.807) is 30.1 Å². The summed E-state index contributed by atoms with van der Waals surface area (Å²) in [5, 5.41) is 3.61. The lowest BCUT2D eigenvalue weighted by Crippen LogP contribution is -2.29. The van der Waals surface area contributed by atoms with Gasteiger partial charge in [-0.25, -0.2) is 0 Å². The van der Waals surface area contributed by atoms with E-state index in [4.69, 9.17) is 11.6 Å². The summed E-state index contributed by atoms with van der Waals surface area (Å²) < 4.78 is 0.800. The van der Waals surface area contributed by atoms with Crippen molar-refractivity contribution in [1.82, 2.24) is 10.2 Å². The number of nitrogens with zero attached hydrogens (tertiary/aromatic N) is 1. The van der Waals surface area contributed by atoms with Crippen LogP contribution >= 0.6 is 27.5 Å². The fourth-order valence-electron chi connectivity index (χ4n) is 1.44. The van der Waals surface area contributed by atoms with Crippen LogP contribution in [0.15, 0.2) is 22.7 Å². The van der Waals surface area contributed by atoms with E-state index < -0.39 is 0 Å². The maximum atomic E-state index is 12.0. The first kappa shape index (κ1) is 14.5. The van der Waals surface area contributed by atoms with Gasteiger partial charge in [0.15, 0.2) is 0 Å². The van der Waals surface area contributed by atoms with Gasteiger partial charge in [0.05, 0.1) is 5.02 Å². The van der Waals surface area contributed by atoms with Gasteiger partial charge in [-0.3, -0.25) is 4.79 Å². The molecule has 94 valence electrons. The fourth-order valence-corrected chi connectivity index (χ4v) is 1.87. The van der Waals surface area contributed by atoms with Gasteiger partial charge < -0.3 is 10.2 Å². The second-order valence-electron chi connectivity index (χ2n) is 3.81. The normalized spacial score (nSPS) is 10.4. The Labute approximate surface area is 115 Å². The highest BCUT2D eigenvalue weighted by Gasteiger charge is 2.12. The summed E-state index contributed by atoms with van der Waals surface area (Å²) in [6, 6.07) is 5.24. The van der Waals surface area contributed by atoms with Crippen LogP contribution in [-0.4, -0.2) is 38.0 Å². The van der Waals surface area contributed by atoms with E-state index in [0.717, 1.165) is 24.0 Å². The van der Waals surface area contributed by atoms with Crippen molar-refractivity contribution in [2.45, 2.75) is 6.42 Å². The minimum absolute atomic E-state index is 0.00416. The molecule has 0 fully saturated rings. The van der Waals surface area contributed by atoms with Crippen molar-refractivity contribution in [2.75, 3.05) is 27.2 Å². The molecule has 5 heteroatoms. The number of hydrogen-bond donors (Lipinski definition) is 1. The van der Waals surface area contributed by atoms with Crippen molar-refractivity contribution in [2.24, 2.45) is 0 Å². The van der Waals surface area contributed by atoms with Gasteiger partial charge in [-0.1, -0.05) is 11.6 Å². The fraction of sp³-hybridized carbons (Fsp3) is 0.417. The molecule has 17 heavy (non-hydrogen) atoms. The Morgan fingerprint density at radius 1 is 1.53 bits per heavy atom. The lowest BCUT2D eigenvalue weighted by atomic mass is 10.2. The number of amides is 1. The van der Waals surface area contributed by atoms with Gasteiger partial charge in [-0.05, 0) is 54.1 Å². The van der Waals surface area contributed by atoms with E-state index in [1.807, 2.05) is 7.05 Å². The van der Waals surface area contributed by atoms with Crippen molar-refractivity contribution in [3.63, 3.8) is 0 Å². The van der Waals surface area contributed by atoms with Crippen molar-refractivity contribution in [3.8, 4) is 0 Å². The van der Waals surface area contributed by atoms with Crippen LogP contribution in [0.1, 0.15) is 16.8 Å². The molecule has 0 heterocycles. The average Bonchev–Trinajstić information content (AvgIpc) is 2.32. The summed E-state index contributed by atoms with van der Waals surface area (Å²) in [6.45, 7) is 1.63. The van der Waals surface area contributed by atoms with Gasteiger partial charge in [0.25, 0.3) is 5.91 Å². The molecule has 0 spiro atoms. The Bertz CT molecular complexity index is 398. The van der Waals surface area contributed by atoms with Crippen LogP contribution in [-0.2, 0) is 0 Å². The third kappa shape index (κ3) is 4.30. The minimum atomic E-state index is -0.00416. The Hall–Kier alpha value is -0.580. The SMILES string of the molecule is CNCCCN(C)C(=O)c1ccc(Br)c(Cl)c1. The number of hydrogen-bond acceptors (Lipinski definition) is 2. The maximum absolute atomic E-state index is 12.0. The van der Waals surface area contributed by atoms with Crippen LogP contribution in [0.5, 0.6) is 0 Å². The molecule has 0 saturated heterocycles. The van der Waals surface area contributed by atoms with E-state index in [2.05, 4.69) is 21.2 Å². The van der Waals surface area contributed by atoms with Gasteiger partial charge in [0.2, 0.25) is 0 Å². The Balaban J connectivity index is 2.65. The van der Waals surface area contributed by atoms with Crippen molar-refractivity contribution in [3.05, 3.63) is 33.3 Å². The van der Waals surface area contributed by atoms with Crippen molar-refractivity contribution in [1.29, 1.82) is 0 Å². The lowest BCUT2D eigenvalue weighted by Gasteiger charge is -2.17. The molecule has 0 aliphatic heterocycles. The monoisotopic (exact) mass is 318 g/mol. The van der Waals surface area contributed by atoms with E-state index >= 15 is 0 Å². The van der Waals surface area contributed by atoms with Gasteiger partial charge in [0, 0.05) is 23.6 Å². The quantitative estimate of drug-likeness (QED) is 0.847. The molecule has 3 nitrogen and oxygen atoms in total. The minimum Gasteiger partial charge on any atom is -0.342 e. The lowest BCUT2D eigenvalue weighted by molar-refractivity contribution is 0.0793. The van der Waals surface area contributed by atoms with Gasteiger partial charge in [-0.2, -0.15) is 0 Å². The van der Waals surface area contributed by atoms with Gasteiger partial charge >= 0.3 is 0 Å². The number of halogens is 2. The summed E-state index contributed by atoms with van der Waals surface area (Å²) in [4.78, 5) is 13.7. The summed E-state index contributed by atoms with van der Waals surface area (Å²) in [7, 11) is 3.70. The number of carbonyl (C=O) groups is 1. The van der Waals surface area contributed by atoms with E-state index in [-0.39, 0.29) is 5.91 Å². The molecule has 1 aromatic carbocycles. The molecule has 0 atom stereocenters. The van der Waals surface area contributed by atoms with Crippen LogP contribution < -0.4 is 5.32 Å². The van der Waals surface area contributed by atoms with Gasteiger partial charge in [0.1, 0.15) is 0 Å². The molecule has 1 aromatic rings. The third-order valence-electron chi connectivity index (χ3n) is 2.43. The Morgan fingerprint density at radius 2 is 2.24 bits per heavy atom. The first-order valence-corrected chi connectivity index (χ1v) is 6.58. The molecule has 0 radical (unpaired) electrons. The molecule has 0 bridgehead atoms. The molecule has 1 N–H and O–H groups in total. The molecule has 0 aliphatic rings. The highest BCUT2D eigenvalue weighted by molar-refractivity contribution is 9.10. The molecule has 1 amide bonds. The zero-order valence-corrected chi connectivity index (χ0v) is 12.3. The predicted octanol–water partition coefficient (Wildman–Crippen LogP) is 2.78. The van der Waals surface area contributed by atoms with Crippen LogP contribution in [0, 0.1) is 0 Å². The molecule has 0 aromatic heterocycles. The molecule has 0 unspecified atom stereocenters. The zero-order chi connectivity index (χ0) is 12.8. The second-order valence-corrected chi connectivity index (χ2v) is 5.07. The number of benzene rings is 1. The van der Waals surface area contributed by atoms with E-state index in [9.17, 15) is 4.79 Å². The van der Waals surface area contributed by atoms with Crippen LogP contribution in [0.3, 0.4) is 0 Å². The van der Waals surface area contributed by atoms with Gasteiger partial charge in [-0.15, -0.1) is 0 Å². The molecule has 1 rings (SSSR count). The number of nitrogens with one attached hydrogen (secondary N) is 1. The first-order valence-electron chi connectivity index (χ1n) is 5.41. The predicted molar refractivity (Wildman–Crippen MR) is 74.7 cm³/mol. The zero-order valence-electron chi connectivity index (χ0n) is 9.96. The Kier molecular flexibility index (Phi) is 5.95. The second kappa shape index (κ2) is 6.99. The number of rotatable bonds is 5. The highest BCUT2D eigenvalue weighted by atomic mass is 79.9.